The zero-order valence-corrected chi connectivity index (χ0v) is 10.8. The van der Waals surface area contributed by atoms with Crippen molar-refractivity contribution in [3.63, 3.8) is 0 Å². The number of aromatic nitrogens is 1. The molecule has 1 amide bonds. The van der Waals surface area contributed by atoms with Crippen LogP contribution in [0.3, 0.4) is 0 Å². The first-order chi connectivity index (χ1) is 9.06. The van der Waals surface area contributed by atoms with Crippen LogP contribution in [0.4, 0.5) is 5.69 Å². The number of carboxylic acid groups (broad SMARTS) is 1. The number of piperidine rings is 1. The smallest absolute Gasteiger partial charge is 0.354 e. The number of nitrogens with zero attached hydrogens (tertiary/aromatic N) is 2. The van der Waals surface area contributed by atoms with E-state index in [0.717, 1.165) is 31.6 Å². The average Bonchev–Trinajstić information content (AvgIpc) is 2.39. The van der Waals surface area contributed by atoms with Gasteiger partial charge in [-0.25, -0.2) is 9.78 Å². The Morgan fingerprint density at radius 2 is 2.11 bits per heavy atom. The zero-order valence-electron chi connectivity index (χ0n) is 10.8. The number of anilines is 1. The second-order valence-electron chi connectivity index (χ2n) is 4.67. The fourth-order valence-electron chi connectivity index (χ4n) is 2.30. The van der Waals surface area contributed by atoms with Crippen molar-refractivity contribution in [3.05, 3.63) is 24.0 Å². The van der Waals surface area contributed by atoms with E-state index in [0.29, 0.717) is 0 Å². The van der Waals surface area contributed by atoms with Gasteiger partial charge in [-0.05, 0) is 25.0 Å². The third-order valence-corrected chi connectivity index (χ3v) is 3.23. The quantitative estimate of drug-likeness (QED) is 0.846. The van der Waals surface area contributed by atoms with Crippen LogP contribution in [-0.4, -0.2) is 41.1 Å². The highest BCUT2D eigenvalue weighted by Crippen LogP contribution is 2.20. The Morgan fingerprint density at radius 1 is 1.42 bits per heavy atom. The number of pyridine rings is 1. The maximum absolute atomic E-state index is 11.0. The van der Waals surface area contributed by atoms with Gasteiger partial charge in [0.2, 0.25) is 5.91 Å². The Balaban J connectivity index is 1.99. The van der Waals surface area contributed by atoms with Crippen molar-refractivity contribution in [2.75, 3.05) is 18.0 Å². The second-order valence-corrected chi connectivity index (χ2v) is 4.67. The molecule has 0 atom stereocenters. The summed E-state index contributed by atoms with van der Waals surface area (Å²) in [6, 6.07) is 3.61. The van der Waals surface area contributed by atoms with Gasteiger partial charge in [0.25, 0.3) is 0 Å². The van der Waals surface area contributed by atoms with E-state index in [-0.39, 0.29) is 17.6 Å². The number of rotatable bonds is 3. The maximum Gasteiger partial charge on any atom is 0.354 e. The van der Waals surface area contributed by atoms with Crippen molar-refractivity contribution in [1.29, 1.82) is 0 Å². The lowest BCUT2D eigenvalue weighted by Gasteiger charge is -2.33. The number of aromatic carboxylic acids is 1. The number of nitrogens with one attached hydrogen (secondary N) is 1. The van der Waals surface area contributed by atoms with Crippen molar-refractivity contribution in [2.24, 2.45) is 0 Å². The Morgan fingerprint density at radius 3 is 2.68 bits per heavy atom. The van der Waals surface area contributed by atoms with Crippen molar-refractivity contribution < 1.29 is 14.7 Å². The molecule has 0 saturated carbocycles. The first-order valence-corrected chi connectivity index (χ1v) is 6.27. The normalized spacial score (nSPS) is 16.2. The summed E-state index contributed by atoms with van der Waals surface area (Å²) in [6.45, 7) is 3.12. The molecule has 1 fully saturated rings. The van der Waals surface area contributed by atoms with Crippen LogP contribution in [-0.2, 0) is 4.79 Å². The van der Waals surface area contributed by atoms with Crippen molar-refractivity contribution in [3.8, 4) is 0 Å². The Bertz CT molecular complexity index is 482. The van der Waals surface area contributed by atoms with Gasteiger partial charge in [0, 0.05) is 37.9 Å². The number of hydrogen-bond acceptors (Lipinski definition) is 4. The van der Waals surface area contributed by atoms with Crippen LogP contribution >= 0.6 is 0 Å². The van der Waals surface area contributed by atoms with Crippen LogP contribution in [0.15, 0.2) is 18.3 Å². The highest BCUT2D eigenvalue weighted by molar-refractivity contribution is 5.86. The minimum atomic E-state index is -1.02. The molecule has 0 radical (unpaired) electrons. The molecule has 1 aromatic heterocycles. The van der Waals surface area contributed by atoms with Gasteiger partial charge in [-0.3, -0.25) is 4.79 Å². The topological polar surface area (TPSA) is 82.5 Å². The van der Waals surface area contributed by atoms with E-state index in [4.69, 9.17) is 5.11 Å². The van der Waals surface area contributed by atoms with Crippen LogP contribution in [0.25, 0.3) is 0 Å². The molecule has 0 unspecified atom stereocenters. The lowest BCUT2D eigenvalue weighted by atomic mass is 10.0. The average molecular weight is 263 g/mol. The maximum atomic E-state index is 11.0. The van der Waals surface area contributed by atoms with Crippen molar-refractivity contribution in [1.82, 2.24) is 10.3 Å². The Hall–Kier alpha value is -2.11. The molecule has 0 aliphatic carbocycles. The summed E-state index contributed by atoms with van der Waals surface area (Å²) in [6.07, 6.45) is 3.24. The molecule has 19 heavy (non-hydrogen) atoms. The number of hydrogen-bond donors (Lipinski definition) is 2. The third kappa shape index (κ3) is 3.43. The van der Waals surface area contributed by atoms with Crippen molar-refractivity contribution in [2.45, 2.75) is 25.8 Å². The number of carbonyl (C=O) groups excluding carboxylic acids is 1. The molecule has 2 rings (SSSR count). The summed E-state index contributed by atoms with van der Waals surface area (Å²) < 4.78 is 0. The standard InChI is InChI=1S/C13H17N3O3/c1-9(17)15-10-3-6-16(7-4-10)11-2-5-14-12(8-11)13(18)19/h2,5,8,10H,3-4,6-7H2,1H3,(H,15,17)(H,18,19). The summed E-state index contributed by atoms with van der Waals surface area (Å²) in [5, 5.41) is 11.8. The molecule has 0 aromatic carbocycles. The van der Waals surface area contributed by atoms with E-state index in [1.165, 1.54) is 13.1 Å². The predicted molar refractivity (Wildman–Crippen MR) is 70.2 cm³/mol. The first kappa shape index (κ1) is 13.3. The van der Waals surface area contributed by atoms with Gasteiger partial charge in [-0.1, -0.05) is 0 Å². The van der Waals surface area contributed by atoms with Crippen LogP contribution in [0.1, 0.15) is 30.3 Å². The monoisotopic (exact) mass is 263 g/mol. The summed E-state index contributed by atoms with van der Waals surface area (Å²) in [5.41, 5.74) is 0.926. The summed E-state index contributed by atoms with van der Waals surface area (Å²) in [4.78, 5) is 27.8. The molecule has 0 spiro atoms. The van der Waals surface area contributed by atoms with Crippen molar-refractivity contribution >= 4 is 17.6 Å². The predicted octanol–water partition coefficient (Wildman–Crippen LogP) is 0.885. The van der Waals surface area contributed by atoms with E-state index >= 15 is 0 Å². The van der Waals surface area contributed by atoms with E-state index in [1.54, 1.807) is 6.07 Å². The van der Waals surface area contributed by atoms with E-state index in [1.807, 2.05) is 6.07 Å². The molecule has 1 saturated heterocycles. The SMILES string of the molecule is CC(=O)NC1CCN(c2ccnc(C(=O)O)c2)CC1. The van der Waals surface area contributed by atoms with Gasteiger partial charge >= 0.3 is 5.97 Å². The van der Waals surface area contributed by atoms with Gasteiger partial charge in [0.1, 0.15) is 5.69 Å². The summed E-state index contributed by atoms with van der Waals surface area (Å²) in [5.74, 6) is -1.02. The fourth-order valence-corrected chi connectivity index (χ4v) is 2.30. The second kappa shape index (κ2) is 5.69. The summed E-state index contributed by atoms with van der Waals surface area (Å²) >= 11 is 0. The Kier molecular flexibility index (Phi) is 3.99. The number of amides is 1. The minimum Gasteiger partial charge on any atom is -0.477 e. The fraction of sp³-hybridized carbons (Fsp3) is 0.462. The van der Waals surface area contributed by atoms with Crippen LogP contribution in [0, 0.1) is 0 Å². The van der Waals surface area contributed by atoms with E-state index in [9.17, 15) is 9.59 Å². The number of carboxylic acids is 1. The van der Waals surface area contributed by atoms with Gasteiger partial charge in [-0.2, -0.15) is 0 Å². The van der Waals surface area contributed by atoms with Gasteiger partial charge in [0.15, 0.2) is 0 Å². The van der Waals surface area contributed by atoms with E-state index in [2.05, 4.69) is 15.2 Å². The molecule has 1 aromatic rings. The molecule has 1 aliphatic rings. The van der Waals surface area contributed by atoms with E-state index < -0.39 is 5.97 Å². The molecule has 0 bridgehead atoms. The molecule has 6 nitrogen and oxygen atoms in total. The highest BCUT2D eigenvalue weighted by Gasteiger charge is 2.20. The van der Waals surface area contributed by atoms with Crippen LogP contribution < -0.4 is 10.2 Å². The largest absolute Gasteiger partial charge is 0.477 e. The molecule has 2 N–H and O–H groups in total. The van der Waals surface area contributed by atoms with Crippen LogP contribution in [0.2, 0.25) is 0 Å². The van der Waals surface area contributed by atoms with Crippen LogP contribution in [0.5, 0.6) is 0 Å². The van der Waals surface area contributed by atoms with Gasteiger partial charge in [-0.15, -0.1) is 0 Å². The zero-order chi connectivity index (χ0) is 13.8. The van der Waals surface area contributed by atoms with Gasteiger partial charge < -0.3 is 15.3 Å². The molecule has 102 valence electrons. The lowest BCUT2D eigenvalue weighted by molar-refractivity contribution is -0.119. The number of carbonyl (C=O) groups is 2. The molecule has 1 aliphatic heterocycles. The first-order valence-electron chi connectivity index (χ1n) is 6.27. The Labute approximate surface area is 111 Å². The van der Waals surface area contributed by atoms with Gasteiger partial charge in [0.05, 0.1) is 0 Å². The summed E-state index contributed by atoms with van der Waals surface area (Å²) in [7, 11) is 0. The molecule has 6 heteroatoms. The lowest BCUT2D eigenvalue weighted by Crippen LogP contribution is -2.44. The minimum absolute atomic E-state index is 0.00414. The molecule has 2 heterocycles. The molecular formula is C13H17N3O3. The molecular weight excluding hydrogens is 246 g/mol. The third-order valence-electron chi connectivity index (χ3n) is 3.23. The highest BCUT2D eigenvalue weighted by atomic mass is 16.4.